The lowest BCUT2D eigenvalue weighted by Crippen LogP contribution is -2.19. The zero-order valence-corrected chi connectivity index (χ0v) is 23.3. The van der Waals surface area contributed by atoms with Gasteiger partial charge in [-0.15, -0.1) is 11.3 Å². The average Bonchev–Trinajstić information content (AvgIpc) is 3.44. The number of thiazole rings is 1. The quantitative estimate of drug-likeness (QED) is 0.178. The van der Waals surface area contributed by atoms with E-state index in [1.54, 1.807) is 36.0 Å². The van der Waals surface area contributed by atoms with E-state index in [1.807, 2.05) is 44.4 Å². The molecule has 41 heavy (non-hydrogen) atoms. The number of ether oxygens (including phenoxy) is 1. The van der Waals surface area contributed by atoms with Crippen LogP contribution in [0.1, 0.15) is 15.9 Å². The number of hydrogen-bond donors (Lipinski definition) is 1. The molecule has 2 heterocycles. The van der Waals surface area contributed by atoms with Crippen LogP contribution in [0, 0.1) is 11.6 Å². The lowest BCUT2D eigenvalue weighted by Gasteiger charge is -2.12. The molecule has 0 amide bonds. The number of likely N-dealkylation sites (N-methyl/N-ethyl adjacent to an activating group) is 1. The fourth-order valence-electron chi connectivity index (χ4n) is 4.18. The minimum absolute atomic E-state index is 0.148. The SMILES string of the molecule is CN(C)CCOc1cccc(Nc2nccc(-c3scnc3-c3cccc(CC(=O)c4c(F)cccc4F)c3)n2)c1. The summed E-state index contributed by atoms with van der Waals surface area (Å²) < 4.78 is 34.1. The van der Waals surface area contributed by atoms with Gasteiger partial charge in [0.1, 0.15) is 24.0 Å². The highest BCUT2D eigenvalue weighted by atomic mass is 32.1. The van der Waals surface area contributed by atoms with Gasteiger partial charge < -0.3 is 15.0 Å². The van der Waals surface area contributed by atoms with Crippen molar-refractivity contribution in [3.05, 3.63) is 107 Å². The second-order valence-electron chi connectivity index (χ2n) is 9.50. The number of nitrogens with zero attached hydrogens (tertiary/aromatic N) is 4. The summed E-state index contributed by atoms with van der Waals surface area (Å²) in [5.41, 5.74) is 4.72. The molecule has 0 aliphatic carbocycles. The number of halogens is 2. The van der Waals surface area contributed by atoms with Crippen LogP contribution in [0.4, 0.5) is 20.4 Å². The first-order valence-electron chi connectivity index (χ1n) is 12.9. The van der Waals surface area contributed by atoms with Crippen molar-refractivity contribution in [3.8, 4) is 27.6 Å². The third-order valence-electron chi connectivity index (χ3n) is 6.16. The van der Waals surface area contributed by atoms with Gasteiger partial charge in [-0.25, -0.2) is 23.7 Å². The van der Waals surface area contributed by atoms with Crippen molar-refractivity contribution in [1.82, 2.24) is 19.9 Å². The summed E-state index contributed by atoms with van der Waals surface area (Å²) in [4.78, 5) is 29.2. The van der Waals surface area contributed by atoms with Crippen LogP contribution >= 0.6 is 11.3 Å². The smallest absolute Gasteiger partial charge is 0.227 e. The highest BCUT2D eigenvalue weighted by molar-refractivity contribution is 7.13. The number of aromatic nitrogens is 3. The molecule has 0 bridgehead atoms. The Morgan fingerprint density at radius 1 is 0.976 bits per heavy atom. The summed E-state index contributed by atoms with van der Waals surface area (Å²) in [5, 5.41) is 3.23. The second kappa shape index (κ2) is 12.8. The third-order valence-corrected chi connectivity index (χ3v) is 7.01. The van der Waals surface area contributed by atoms with E-state index >= 15 is 0 Å². The summed E-state index contributed by atoms with van der Waals surface area (Å²) in [7, 11) is 3.99. The molecule has 0 saturated heterocycles. The van der Waals surface area contributed by atoms with Crippen LogP contribution in [-0.4, -0.2) is 52.9 Å². The normalized spacial score (nSPS) is 11.0. The molecule has 0 fully saturated rings. The molecule has 0 unspecified atom stereocenters. The van der Waals surface area contributed by atoms with E-state index < -0.39 is 23.0 Å². The van der Waals surface area contributed by atoms with Crippen LogP contribution in [0.5, 0.6) is 5.75 Å². The van der Waals surface area contributed by atoms with Crippen molar-refractivity contribution >= 4 is 28.8 Å². The Hall–Kier alpha value is -4.54. The maximum absolute atomic E-state index is 14.1. The number of ketones is 1. The molecule has 0 atom stereocenters. The average molecular weight is 572 g/mol. The van der Waals surface area contributed by atoms with Gasteiger partial charge in [-0.3, -0.25) is 4.79 Å². The minimum atomic E-state index is -0.871. The molecule has 1 N–H and O–H groups in total. The molecule has 10 heteroatoms. The summed E-state index contributed by atoms with van der Waals surface area (Å²) in [6.07, 6.45) is 1.52. The molecule has 0 saturated carbocycles. The van der Waals surface area contributed by atoms with Gasteiger partial charge in [-0.1, -0.05) is 30.3 Å². The molecule has 5 rings (SSSR count). The lowest BCUT2D eigenvalue weighted by molar-refractivity contribution is 0.0985. The van der Waals surface area contributed by atoms with E-state index in [0.29, 0.717) is 29.5 Å². The Morgan fingerprint density at radius 3 is 2.56 bits per heavy atom. The summed E-state index contributed by atoms with van der Waals surface area (Å²) >= 11 is 1.43. The number of anilines is 2. The highest BCUT2D eigenvalue weighted by Gasteiger charge is 2.19. The van der Waals surface area contributed by atoms with E-state index in [9.17, 15) is 13.6 Å². The van der Waals surface area contributed by atoms with Gasteiger partial charge in [0.2, 0.25) is 5.95 Å². The first-order valence-corrected chi connectivity index (χ1v) is 13.7. The molecule has 2 aromatic heterocycles. The zero-order chi connectivity index (χ0) is 28.8. The van der Waals surface area contributed by atoms with Crippen molar-refractivity contribution in [2.24, 2.45) is 0 Å². The van der Waals surface area contributed by atoms with E-state index in [0.717, 1.165) is 40.6 Å². The summed E-state index contributed by atoms with van der Waals surface area (Å²) in [6, 6.07) is 20.0. The number of hydrogen-bond acceptors (Lipinski definition) is 8. The molecule has 3 aromatic carbocycles. The Bertz CT molecular complexity index is 1650. The molecule has 0 radical (unpaired) electrons. The molecule has 0 aliphatic rings. The number of Topliss-reactive ketones (excluding diaryl/α,β-unsaturated/α-hetero) is 1. The predicted octanol–water partition coefficient (Wildman–Crippen LogP) is 6.65. The van der Waals surface area contributed by atoms with Crippen LogP contribution in [0.3, 0.4) is 0 Å². The third kappa shape index (κ3) is 6.97. The first-order chi connectivity index (χ1) is 19.9. The van der Waals surface area contributed by atoms with Crippen molar-refractivity contribution in [2.75, 3.05) is 32.6 Å². The lowest BCUT2D eigenvalue weighted by atomic mass is 9.99. The fraction of sp³-hybridized carbons (Fsp3) is 0.161. The Labute approximate surface area is 240 Å². The first kappa shape index (κ1) is 28.0. The molecule has 7 nitrogen and oxygen atoms in total. The Kier molecular flexibility index (Phi) is 8.71. The van der Waals surface area contributed by atoms with Crippen LogP contribution in [0.15, 0.2) is 84.5 Å². The zero-order valence-electron chi connectivity index (χ0n) is 22.5. The van der Waals surface area contributed by atoms with Crippen molar-refractivity contribution < 1.29 is 18.3 Å². The minimum Gasteiger partial charge on any atom is -0.492 e. The standard InChI is InChI=1S/C31H27F2N5O2S/c1-38(2)14-15-40-23-9-4-8-22(18-23)36-31-34-13-12-26(37-31)30-29(35-19-41-30)21-7-3-6-20(16-21)17-27(39)28-24(32)10-5-11-25(28)33/h3-13,16,18-19H,14-15,17H2,1-2H3,(H,34,36,37). The number of rotatable bonds is 11. The van der Waals surface area contributed by atoms with Gasteiger partial charge in [-0.2, -0.15) is 0 Å². The fourth-order valence-corrected chi connectivity index (χ4v) is 4.96. The maximum atomic E-state index is 14.1. The Balaban J connectivity index is 1.34. The van der Waals surface area contributed by atoms with E-state index in [2.05, 4.69) is 20.2 Å². The van der Waals surface area contributed by atoms with E-state index in [1.165, 1.54) is 17.4 Å². The predicted molar refractivity (Wildman–Crippen MR) is 157 cm³/mol. The number of carbonyl (C=O) groups excluding carboxylic acids is 1. The van der Waals surface area contributed by atoms with Crippen LogP contribution < -0.4 is 10.1 Å². The van der Waals surface area contributed by atoms with Crippen molar-refractivity contribution in [1.29, 1.82) is 0 Å². The molecule has 0 aliphatic heterocycles. The number of carbonyl (C=O) groups is 1. The Morgan fingerprint density at radius 2 is 1.76 bits per heavy atom. The number of nitrogens with one attached hydrogen (secondary N) is 1. The molecular formula is C31H27F2N5O2S. The molecule has 208 valence electrons. The van der Waals surface area contributed by atoms with Gasteiger partial charge in [-0.05, 0) is 56.1 Å². The second-order valence-corrected chi connectivity index (χ2v) is 10.4. The summed E-state index contributed by atoms with van der Waals surface area (Å²) in [6.45, 7) is 1.38. The molecule has 0 spiro atoms. The van der Waals surface area contributed by atoms with Crippen molar-refractivity contribution in [3.63, 3.8) is 0 Å². The monoisotopic (exact) mass is 571 g/mol. The molecule has 5 aromatic rings. The topological polar surface area (TPSA) is 80.2 Å². The van der Waals surface area contributed by atoms with Gasteiger partial charge in [0, 0.05) is 36.5 Å². The van der Waals surface area contributed by atoms with Gasteiger partial charge in [0.05, 0.1) is 27.3 Å². The number of benzene rings is 3. The highest BCUT2D eigenvalue weighted by Crippen LogP contribution is 2.34. The van der Waals surface area contributed by atoms with Gasteiger partial charge >= 0.3 is 0 Å². The van der Waals surface area contributed by atoms with Crippen LogP contribution in [-0.2, 0) is 6.42 Å². The van der Waals surface area contributed by atoms with Crippen molar-refractivity contribution in [2.45, 2.75) is 6.42 Å². The van der Waals surface area contributed by atoms with E-state index in [4.69, 9.17) is 9.72 Å². The van der Waals surface area contributed by atoms with E-state index in [-0.39, 0.29) is 6.42 Å². The van der Waals surface area contributed by atoms with Gasteiger partial charge in [0.15, 0.2) is 5.78 Å². The molecular weight excluding hydrogens is 544 g/mol. The van der Waals surface area contributed by atoms with Crippen LogP contribution in [0.25, 0.3) is 21.8 Å². The maximum Gasteiger partial charge on any atom is 0.227 e. The largest absolute Gasteiger partial charge is 0.492 e. The van der Waals surface area contributed by atoms with Gasteiger partial charge in [0.25, 0.3) is 0 Å². The summed E-state index contributed by atoms with van der Waals surface area (Å²) in [5.74, 6) is -1.21. The van der Waals surface area contributed by atoms with Crippen LogP contribution in [0.2, 0.25) is 0 Å².